The molecule has 2 aliphatic heterocycles. The van der Waals surface area contributed by atoms with Gasteiger partial charge in [-0.25, -0.2) is 33.8 Å². The number of H-pyrrole nitrogens is 2. The molecule has 20 nitrogen and oxygen atoms in total. The minimum atomic E-state index is -1.05. The Labute approximate surface area is 398 Å². The van der Waals surface area contributed by atoms with Gasteiger partial charge in [0, 0.05) is 37.9 Å². The lowest BCUT2D eigenvalue weighted by molar-refractivity contribution is 0.0698. The van der Waals surface area contributed by atoms with Gasteiger partial charge in [-0.2, -0.15) is 37.2 Å². The van der Waals surface area contributed by atoms with E-state index in [1.807, 2.05) is 71.6 Å². The number of aromatic carboxylic acids is 1. The van der Waals surface area contributed by atoms with Crippen LogP contribution in [-0.2, 0) is 0 Å². The van der Waals surface area contributed by atoms with Gasteiger partial charge in [0.2, 0.25) is 0 Å². The van der Waals surface area contributed by atoms with Crippen LogP contribution in [0.1, 0.15) is 70.1 Å². The summed E-state index contributed by atoms with van der Waals surface area (Å²) < 4.78 is 6.53. The number of carbonyl (C=O) groups excluding carboxylic acids is 1. The first-order valence-electron chi connectivity index (χ1n) is 21.3. The van der Waals surface area contributed by atoms with Crippen LogP contribution in [0.2, 0.25) is 0 Å². The average molecular weight is 950 g/mol. The van der Waals surface area contributed by atoms with Crippen LogP contribution in [0.25, 0.3) is 44.5 Å². The Kier molecular flexibility index (Phi) is 12.0. The summed E-state index contributed by atoms with van der Waals surface area (Å²) in [6.07, 6.45) is 12.6. The predicted molar refractivity (Wildman–Crippen MR) is 264 cm³/mol. The number of aromatic amines is 2. The summed E-state index contributed by atoms with van der Waals surface area (Å²) in [6, 6.07) is 25.5. The van der Waals surface area contributed by atoms with Gasteiger partial charge in [0.05, 0.1) is 45.4 Å². The predicted octanol–water partition coefficient (Wildman–Crippen LogP) is 5.22. The van der Waals surface area contributed by atoms with Gasteiger partial charge in [-0.05, 0) is 74.2 Å². The molecule has 0 aliphatic carbocycles. The number of nitrogens with one attached hydrogen (secondary N) is 2. The topological polar surface area (TPSA) is 249 Å². The number of carbonyl (C=O) groups is 2. The van der Waals surface area contributed by atoms with Crippen LogP contribution in [0.15, 0.2) is 132 Å². The number of carboxylic acid groups (broad SMARTS) is 1. The van der Waals surface area contributed by atoms with Crippen LogP contribution < -0.4 is 26.7 Å². The summed E-state index contributed by atoms with van der Waals surface area (Å²) in [5.74, 6) is 0.686. The number of aromatic nitrogens is 12. The first-order valence-corrected chi connectivity index (χ1v) is 21.3. The minimum absolute atomic E-state index is 0. The van der Waals surface area contributed by atoms with Crippen LogP contribution in [0.4, 0.5) is 11.6 Å². The number of rotatable bonds is 8. The van der Waals surface area contributed by atoms with E-state index in [1.165, 1.54) is 18.9 Å². The lowest BCUT2D eigenvalue weighted by Gasteiger charge is -2.27. The molecular weight excluding hydrogens is 907 g/mol. The number of fused-ring (bicyclic) bond motifs is 4. The van der Waals surface area contributed by atoms with Crippen molar-refractivity contribution >= 4 is 83.6 Å². The maximum atomic E-state index is 13.5. The summed E-state index contributed by atoms with van der Waals surface area (Å²) in [5.41, 5.74) is 9.19. The zero-order valence-corrected chi connectivity index (χ0v) is 38.0. The molecule has 1 amide bonds. The van der Waals surface area contributed by atoms with Crippen molar-refractivity contribution in [3.8, 4) is 11.4 Å². The minimum Gasteiger partial charge on any atom is -0.478 e. The second-order valence-electron chi connectivity index (χ2n) is 16.0. The largest absolute Gasteiger partial charge is 0.478 e. The van der Waals surface area contributed by atoms with Gasteiger partial charge in [-0.3, -0.25) is 23.5 Å². The summed E-state index contributed by atoms with van der Waals surface area (Å²) >= 11 is 0. The number of amides is 1. The number of hydrogen-bond donors (Lipinski definition) is 4. The maximum absolute atomic E-state index is 13.5. The highest BCUT2D eigenvalue weighted by atomic mass is 32.1. The summed E-state index contributed by atoms with van der Waals surface area (Å²) in [7, 11) is 0. The van der Waals surface area contributed by atoms with Crippen molar-refractivity contribution in [1.82, 2.24) is 58.3 Å². The van der Waals surface area contributed by atoms with Crippen LogP contribution in [-0.4, -0.2) is 88.3 Å². The van der Waals surface area contributed by atoms with Gasteiger partial charge < -0.3 is 30.6 Å². The van der Waals surface area contributed by atoms with Crippen molar-refractivity contribution in [3.63, 3.8) is 0 Å². The number of nitrogens with zero attached hydrogens (tertiary/aromatic N) is 12. The molecule has 22 heteroatoms. The third-order valence-electron chi connectivity index (χ3n) is 12.2. The van der Waals surface area contributed by atoms with Crippen LogP contribution in [0.5, 0.6) is 0 Å². The van der Waals surface area contributed by atoms with Crippen LogP contribution >= 0.6 is 27.0 Å². The molecular formula is C46H43N15O5S2. The van der Waals surface area contributed by atoms with Crippen molar-refractivity contribution in [2.24, 2.45) is 5.73 Å². The fourth-order valence-electron chi connectivity index (χ4n) is 9.36. The number of carboxylic acids is 1. The fraction of sp³-hybridized carbons (Fsp3) is 0.174. The van der Waals surface area contributed by atoms with Crippen molar-refractivity contribution in [1.29, 1.82) is 0 Å². The zero-order valence-electron chi connectivity index (χ0n) is 36.0. The second-order valence-corrected chi connectivity index (χ2v) is 16.0. The summed E-state index contributed by atoms with van der Waals surface area (Å²) in [5, 5.41) is 20.4. The lowest BCUT2D eigenvalue weighted by atomic mass is 10.1. The molecule has 0 spiro atoms. The molecule has 2 aliphatic rings. The number of primary amides is 1. The Balaban J connectivity index is 0.000000165. The molecule has 0 radical (unpaired) electrons. The van der Waals surface area contributed by atoms with E-state index in [9.17, 15) is 24.3 Å². The molecule has 68 heavy (non-hydrogen) atoms. The average Bonchev–Trinajstić information content (AvgIpc) is 4.20. The van der Waals surface area contributed by atoms with Gasteiger partial charge >= 0.3 is 5.97 Å². The summed E-state index contributed by atoms with van der Waals surface area (Å²) in [6.45, 7) is 1.34. The standard InChI is InChI=1S/C23H20N8O2.C23H19N7O3.2H2S/c24-19(32)15-12-25-20-18(15)22(27-13-26-20)29-10-4-8-16(29)21-28-30-11-5-9-17(30)23(33)31(21)14-6-2-1-3-7-14;31-22-17-9-5-11-29(17)27-20(30(22)14-6-2-1-3-7-14)16-8-4-10-28(16)21-18-15(23(32)33)12-24-19(18)25-13-26-21;;/h1-3,5-7,9,11-13,16H,4,8,10H2,(H2,24,32)(H,25,26,27);1-3,5-7,9,11-13,16H,4,8,10H2,(H,32,33)(H,24,25,26);2*1H2/t2*16-;;/m00../s1. The fourth-order valence-corrected chi connectivity index (χ4v) is 9.36. The van der Waals surface area contributed by atoms with Gasteiger partial charge in [0.15, 0.2) is 11.6 Å². The normalized spacial score (nSPS) is 15.6. The van der Waals surface area contributed by atoms with E-state index in [2.05, 4.69) is 34.8 Å². The van der Waals surface area contributed by atoms with E-state index >= 15 is 0 Å². The van der Waals surface area contributed by atoms with E-state index < -0.39 is 11.9 Å². The van der Waals surface area contributed by atoms with Crippen molar-refractivity contribution in [2.75, 3.05) is 22.9 Å². The van der Waals surface area contributed by atoms with Gasteiger partial charge in [0.1, 0.15) is 46.6 Å². The van der Waals surface area contributed by atoms with Gasteiger partial charge in [-0.15, -0.1) is 0 Å². The van der Waals surface area contributed by atoms with E-state index in [0.717, 1.165) is 37.1 Å². The number of benzene rings is 2. The third-order valence-corrected chi connectivity index (χ3v) is 12.2. The first-order chi connectivity index (χ1) is 32.3. The molecule has 10 heterocycles. The Morgan fingerprint density at radius 1 is 0.603 bits per heavy atom. The molecule has 2 fully saturated rings. The number of nitrogens with two attached hydrogens (primary N) is 1. The molecule has 5 N–H and O–H groups in total. The van der Waals surface area contributed by atoms with Crippen LogP contribution in [0, 0.1) is 0 Å². The quantitative estimate of drug-likeness (QED) is 0.153. The zero-order chi connectivity index (χ0) is 45.1. The lowest BCUT2D eigenvalue weighted by Crippen LogP contribution is -2.33. The van der Waals surface area contributed by atoms with Crippen molar-refractivity contribution in [2.45, 2.75) is 37.8 Å². The van der Waals surface area contributed by atoms with Gasteiger partial charge in [0.25, 0.3) is 17.0 Å². The van der Waals surface area contributed by atoms with Crippen molar-refractivity contribution in [3.05, 3.63) is 166 Å². The van der Waals surface area contributed by atoms with Crippen molar-refractivity contribution < 1.29 is 14.7 Å². The number of anilines is 2. The molecule has 12 rings (SSSR count). The van der Waals surface area contributed by atoms with E-state index in [1.54, 1.807) is 55.0 Å². The smallest absolute Gasteiger partial charge is 0.338 e. The van der Waals surface area contributed by atoms with E-state index in [4.69, 9.17) is 15.9 Å². The van der Waals surface area contributed by atoms with E-state index in [-0.39, 0.29) is 55.8 Å². The third kappa shape index (κ3) is 7.48. The first kappa shape index (κ1) is 44.9. The molecule has 2 atom stereocenters. The monoisotopic (exact) mass is 949 g/mol. The molecule has 0 bridgehead atoms. The summed E-state index contributed by atoms with van der Waals surface area (Å²) in [4.78, 5) is 78.4. The maximum Gasteiger partial charge on any atom is 0.338 e. The Bertz CT molecular complexity index is 3380. The molecule has 10 aromatic rings. The highest BCUT2D eigenvalue weighted by molar-refractivity contribution is 7.59. The Morgan fingerprint density at radius 3 is 1.49 bits per heavy atom. The number of para-hydroxylation sites is 2. The number of hydrogen-bond acceptors (Lipinski definition) is 12. The molecule has 8 aromatic heterocycles. The Hall–Kier alpha value is -8.24. The molecule has 0 saturated carbocycles. The highest BCUT2D eigenvalue weighted by Crippen LogP contribution is 2.40. The highest BCUT2D eigenvalue weighted by Gasteiger charge is 2.36. The molecule has 2 saturated heterocycles. The Morgan fingerprint density at radius 2 is 1.04 bits per heavy atom. The molecule has 0 unspecified atom stereocenters. The SMILES string of the molecule is NC(=O)c1c[nH]c2ncnc(N3CCC[C@H]3c3nn4cccc4c(=O)n3-c3ccccc3)c12.O=C(O)c1c[nH]c2ncnc(N3CCC[C@H]3c3nn4cccc4c(=O)n3-c3ccccc3)c12.S.S. The van der Waals surface area contributed by atoms with Gasteiger partial charge in [-0.1, -0.05) is 36.4 Å². The van der Waals surface area contributed by atoms with E-state index in [0.29, 0.717) is 75.0 Å². The second kappa shape index (κ2) is 18.2. The van der Waals surface area contributed by atoms with Crippen LogP contribution in [0.3, 0.4) is 0 Å². The molecule has 2 aromatic carbocycles. The molecule has 344 valence electrons.